The molecule has 3 aromatic rings. The monoisotopic (exact) mass is 554 g/mol. The van der Waals surface area contributed by atoms with Gasteiger partial charge in [0.1, 0.15) is 23.0 Å². The molecule has 2 atom stereocenters. The van der Waals surface area contributed by atoms with Crippen molar-refractivity contribution in [2.45, 2.75) is 69.1 Å². The van der Waals surface area contributed by atoms with Gasteiger partial charge in [0.05, 0.1) is 42.8 Å². The number of hydrogen-bond acceptors (Lipinski definition) is 7. The quantitative estimate of drug-likeness (QED) is 0.277. The van der Waals surface area contributed by atoms with Gasteiger partial charge in [-0.3, -0.25) is 0 Å². The number of methoxy groups -OCH3 is 2. The molecule has 0 bridgehead atoms. The van der Waals surface area contributed by atoms with Crippen LogP contribution < -0.4 is 18.9 Å². The second-order valence-electron chi connectivity index (χ2n) is 9.84. The summed E-state index contributed by atoms with van der Waals surface area (Å²) in [7, 11) is 3.47. The van der Waals surface area contributed by atoms with E-state index in [1.54, 1.807) is 14.2 Å². The summed E-state index contributed by atoms with van der Waals surface area (Å²) in [6.07, 6.45) is 0.170. The molecular weight excluding hydrogens is 521 g/mol. The lowest BCUT2D eigenvalue weighted by Gasteiger charge is -2.18. The summed E-state index contributed by atoms with van der Waals surface area (Å²) in [5.41, 5.74) is 4.83. The standard InChI is InChI=1S/C30H34O4S3/c1-15(2)33-21-13-9-11-19(31-7)23(21)25-17(5)27-29(35-25)30-28(37-27)18(6)26(36-30)24-20(32-8)12-10-14-22(24)34-16(3)4/h9-16,27,29H,1-8H3. The third kappa shape index (κ3) is 4.64. The first-order valence-corrected chi connectivity index (χ1v) is 15.2. The fraction of sp³-hybridized carbons (Fsp3) is 0.400. The topological polar surface area (TPSA) is 36.9 Å². The number of ether oxygens (including phenoxy) is 4. The Morgan fingerprint density at radius 1 is 0.703 bits per heavy atom. The minimum Gasteiger partial charge on any atom is -0.496 e. The van der Waals surface area contributed by atoms with E-state index in [2.05, 4.69) is 47.6 Å². The normalized spacial score (nSPS) is 18.4. The first-order valence-electron chi connectivity index (χ1n) is 12.6. The predicted octanol–water partition coefficient (Wildman–Crippen LogP) is 9.01. The van der Waals surface area contributed by atoms with Gasteiger partial charge >= 0.3 is 0 Å². The van der Waals surface area contributed by atoms with E-state index in [0.29, 0.717) is 10.5 Å². The molecule has 1 aromatic heterocycles. The number of fused-ring (bicyclic) bond motifs is 3. The third-order valence-electron chi connectivity index (χ3n) is 6.52. The second-order valence-corrected chi connectivity index (χ2v) is 13.2. The van der Waals surface area contributed by atoms with Crippen LogP contribution in [-0.2, 0) is 0 Å². The van der Waals surface area contributed by atoms with Crippen molar-refractivity contribution in [2.75, 3.05) is 14.2 Å². The van der Waals surface area contributed by atoms with Crippen LogP contribution in [0, 0.1) is 6.92 Å². The molecule has 37 heavy (non-hydrogen) atoms. The fourth-order valence-electron chi connectivity index (χ4n) is 4.97. The van der Waals surface area contributed by atoms with Gasteiger partial charge in [0.2, 0.25) is 0 Å². The lowest BCUT2D eigenvalue weighted by atomic mass is 10.0. The highest BCUT2D eigenvalue weighted by molar-refractivity contribution is 8.11. The second kappa shape index (κ2) is 10.5. The molecule has 5 rings (SSSR count). The van der Waals surface area contributed by atoms with Crippen molar-refractivity contribution >= 4 is 39.8 Å². The van der Waals surface area contributed by atoms with Gasteiger partial charge in [-0.05, 0) is 76.9 Å². The Hall–Kier alpha value is -2.22. The Morgan fingerprint density at radius 2 is 1.24 bits per heavy atom. The molecule has 7 heteroatoms. The zero-order valence-electron chi connectivity index (χ0n) is 22.6. The van der Waals surface area contributed by atoms with Crippen molar-refractivity contribution < 1.29 is 18.9 Å². The van der Waals surface area contributed by atoms with E-state index in [0.717, 1.165) is 34.1 Å². The Labute approximate surface area is 232 Å². The van der Waals surface area contributed by atoms with Crippen molar-refractivity contribution in [1.29, 1.82) is 0 Å². The van der Waals surface area contributed by atoms with Crippen LogP contribution in [0.15, 0.2) is 46.9 Å². The van der Waals surface area contributed by atoms with Gasteiger partial charge in [0.15, 0.2) is 0 Å². The molecule has 2 aliphatic rings. The van der Waals surface area contributed by atoms with E-state index in [1.807, 2.05) is 65.2 Å². The molecule has 4 nitrogen and oxygen atoms in total. The summed E-state index contributed by atoms with van der Waals surface area (Å²) in [6, 6.07) is 12.1. The molecule has 0 spiro atoms. The fourth-order valence-corrected chi connectivity index (χ4v) is 10.2. The van der Waals surface area contributed by atoms with Crippen molar-refractivity contribution in [1.82, 2.24) is 0 Å². The van der Waals surface area contributed by atoms with Gasteiger partial charge < -0.3 is 18.9 Å². The van der Waals surface area contributed by atoms with Crippen LogP contribution in [-0.4, -0.2) is 31.7 Å². The number of benzene rings is 2. The SMILES string of the molecule is COc1cccc(OC(C)C)c1C1=C(C)C2Sc3c(sc(-c4c(OC)cccc4OC(C)C)c3C)C2S1. The maximum absolute atomic E-state index is 6.23. The molecule has 2 aromatic carbocycles. The van der Waals surface area contributed by atoms with Crippen LogP contribution in [0.2, 0.25) is 0 Å². The highest BCUT2D eigenvalue weighted by Crippen LogP contribution is 2.67. The molecular formula is C30H34O4S3. The summed E-state index contributed by atoms with van der Waals surface area (Å²) in [5.74, 6) is 3.46. The molecule has 0 fully saturated rings. The van der Waals surface area contributed by atoms with Crippen molar-refractivity contribution in [3.63, 3.8) is 0 Å². The minimum absolute atomic E-state index is 0.0830. The van der Waals surface area contributed by atoms with Gasteiger partial charge in [0, 0.05) is 24.8 Å². The molecule has 0 radical (unpaired) electrons. The van der Waals surface area contributed by atoms with Gasteiger partial charge in [-0.1, -0.05) is 12.1 Å². The lowest BCUT2D eigenvalue weighted by Crippen LogP contribution is -2.08. The average Bonchev–Trinajstić information content (AvgIpc) is 3.48. The maximum atomic E-state index is 6.23. The van der Waals surface area contributed by atoms with E-state index in [1.165, 1.54) is 30.7 Å². The Morgan fingerprint density at radius 3 is 1.81 bits per heavy atom. The summed E-state index contributed by atoms with van der Waals surface area (Å²) in [4.78, 5) is 5.34. The van der Waals surface area contributed by atoms with Crippen molar-refractivity contribution in [2.24, 2.45) is 0 Å². The van der Waals surface area contributed by atoms with Crippen molar-refractivity contribution in [3.8, 4) is 33.4 Å². The summed E-state index contributed by atoms with van der Waals surface area (Å²) in [6.45, 7) is 12.8. The van der Waals surface area contributed by atoms with Crippen LogP contribution >= 0.6 is 34.9 Å². The van der Waals surface area contributed by atoms with Crippen LogP contribution in [0.5, 0.6) is 23.0 Å². The molecule has 0 saturated heterocycles. The van der Waals surface area contributed by atoms with E-state index in [9.17, 15) is 0 Å². The van der Waals surface area contributed by atoms with E-state index < -0.39 is 0 Å². The molecule has 2 aliphatic heterocycles. The molecule has 0 amide bonds. The maximum Gasteiger partial charge on any atom is 0.132 e. The summed E-state index contributed by atoms with van der Waals surface area (Å²) < 4.78 is 24.1. The molecule has 0 saturated carbocycles. The van der Waals surface area contributed by atoms with Crippen LogP contribution in [0.3, 0.4) is 0 Å². The molecule has 196 valence electrons. The van der Waals surface area contributed by atoms with E-state index in [-0.39, 0.29) is 12.2 Å². The third-order valence-corrected chi connectivity index (χ3v) is 11.5. The zero-order valence-corrected chi connectivity index (χ0v) is 25.1. The Bertz CT molecular complexity index is 1360. The minimum atomic E-state index is 0.0830. The van der Waals surface area contributed by atoms with Crippen LogP contribution in [0.1, 0.15) is 55.9 Å². The summed E-state index contributed by atoms with van der Waals surface area (Å²) in [5, 5.41) is 0.753. The predicted molar refractivity (Wildman–Crippen MR) is 158 cm³/mol. The lowest BCUT2D eigenvalue weighted by molar-refractivity contribution is 0.240. The number of hydrogen-bond donors (Lipinski definition) is 0. The molecule has 3 heterocycles. The highest BCUT2D eigenvalue weighted by atomic mass is 32.2. The number of thiophene rings is 1. The molecule has 0 N–H and O–H groups in total. The van der Waals surface area contributed by atoms with Crippen LogP contribution in [0.25, 0.3) is 15.3 Å². The van der Waals surface area contributed by atoms with Gasteiger partial charge in [-0.25, -0.2) is 0 Å². The van der Waals surface area contributed by atoms with E-state index >= 15 is 0 Å². The smallest absolute Gasteiger partial charge is 0.132 e. The highest BCUT2D eigenvalue weighted by Gasteiger charge is 2.45. The van der Waals surface area contributed by atoms with Crippen LogP contribution in [0.4, 0.5) is 0 Å². The Kier molecular flexibility index (Phi) is 7.49. The first kappa shape index (κ1) is 26.4. The number of rotatable bonds is 8. The van der Waals surface area contributed by atoms with Gasteiger partial charge in [-0.15, -0.1) is 34.9 Å². The Balaban J connectivity index is 1.56. The van der Waals surface area contributed by atoms with E-state index in [4.69, 9.17) is 18.9 Å². The molecule has 0 aliphatic carbocycles. The zero-order chi connectivity index (χ0) is 26.4. The van der Waals surface area contributed by atoms with Crippen molar-refractivity contribution in [3.05, 3.63) is 58.0 Å². The molecule has 2 unspecified atom stereocenters. The average molecular weight is 555 g/mol. The summed E-state index contributed by atoms with van der Waals surface area (Å²) >= 11 is 5.82. The first-order chi connectivity index (χ1) is 17.7. The van der Waals surface area contributed by atoms with Gasteiger partial charge in [0.25, 0.3) is 0 Å². The van der Waals surface area contributed by atoms with Gasteiger partial charge in [-0.2, -0.15) is 0 Å². The number of thioether (sulfide) groups is 2. The largest absolute Gasteiger partial charge is 0.496 e.